The third-order valence-electron chi connectivity index (χ3n) is 6.15. The molecule has 0 aromatic carbocycles. The molecule has 0 heterocycles. The van der Waals surface area contributed by atoms with E-state index < -0.39 is 42.3 Å². The van der Waals surface area contributed by atoms with Gasteiger partial charge >= 0.3 is 5.97 Å². The van der Waals surface area contributed by atoms with Crippen LogP contribution < -0.4 is 10.6 Å². The maximum Gasteiger partial charge on any atom is 0.308 e. The van der Waals surface area contributed by atoms with E-state index in [9.17, 15) is 29.7 Å². The summed E-state index contributed by atoms with van der Waals surface area (Å²) in [6.45, 7) is 9.32. The summed E-state index contributed by atoms with van der Waals surface area (Å²) in [5.41, 5.74) is -0.254. The Morgan fingerprint density at radius 2 is 1.61 bits per heavy atom. The van der Waals surface area contributed by atoms with Crippen molar-refractivity contribution >= 4 is 17.8 Å². The zero-order chi connectivity index (χ0) is 27.5. The van der Waals surface area contributed by atoms with Crippen molar-refractivity contribution in [3.63, 3.8) is 0 Å². The van der Waals surface area contributed by atoms with E-state index in [0.717, 1.165) is 32.1 Å². The number of ether oxygens (including phenoxy) is 2. The highest BCUT2D eigenvalue weighted by atomic mass is 16.5. The van der Waals surface area contributed by atoms with Crippen molar-refractivity contribution in [1.82, 2.24) is 10.6 Å². The summed E-state index contributed by atoms with van der Waals surface area (Å²) in [4.78, 5) is 37.6. The number of aliphatic hydroxyl groups excluding tert-OH is 3. The molecular formula is C26H46N2O8. The summed E-state index contributed by atoms with van der Waals surface area (Å²) < 4.78 is 10.4. The molecule has 10 heteroatoms. The lowest BCUT2D eigenvalue weighted by atomic mass is 9.89. The quantitative estimate of drug-likeness (QED) is 0.139. The van der Waals surface area contributed by atoms with E-state index in [1.54, 1.807) is 19.9 Å². The van der Waals surface area contributed by atoms with Crippen LogP contribution in [-0.2, 0) is 23.9 Å². The molecule has 0 aromatic heterocycles. The zero-order valence-electron chi connectivity index (χ0n) is 22.5. The molecule has 5 N–H and O–H groups in total. The number of carbonyl (C=O) groups excluding carboxylic acids is 3. The maximum atomic E-state index is 12.8. The minimum atomic E-state index is -1.75. The molecule has 0 aromatic rings. The van der Waals surface area contributed by atoms with E-state index >= 15 is 0 Å². The number of amides is 2. The molecule has 0 radical (unpaired) electrons. The molecule has 1 rings (SSSR count). The molecule has 0 aliphatic heterocycles. The summed E-state index contributed by atoms with van der Waals surface area (Å²) in [6.07, 6.45) is 1.49. The number of nitrogens with one attached hydrogen (secondary N) is 2. The molecule has 1 saturated carbocycles. The lowest BCUT2D eigenvalue weighted by Crippen LogP contribution is -2.57. The van der Waals surface area contributed by atoms with Gasteiger partial charge in [-0.15, -0.1) is 0 Å². The number of rotatable bonds is 13. The predicted octanol–water partition coefficient (Wildman–Crippen LogP) is 1.07. The van der Waals surface area contributed by atoms with Crippen LogP contribution in [0.25, 0.3) is 0 Å². The van der Waals surface area contributed by atoms with Crippen LogP contribution in [0.5, 0.6) is 0 Å². The molecule has 2 amide bonds. The molecule has 10 nitrogen and oxygen atoms in total. The van der Waals surface area contributed by atoms with E-state index in [-0.39, 0.29) is 36.4 Å². The number of hydrogen-bond acceptors (Lipinski definition) is 8. The molecule has 208 valence electrons. The fourth-order valence-corrected chi connectivity index (χ4v) is 3.95. The molecule has 1 aliphatic rings. The normalized spacial score (nSPS) is 19.4. The smallest absolute Gasteiger partial charge is 0.308 e. The van der Waals surface area contributed by atoms with E-state index in [2.05, 4.69) is 10.6 Å². The van der Waals surface area contributed by atoms with E-state index in [1.807, 2.05) is 20.8 Å². The summed E-state index contributed by atoms with van der Waals surface area (Å²) in [7, 11) is 1.18. The first-order valence-electron chi connectivity index (χ1n) is 12.8. The van der Waals surface area contributed by atoms with Gasteiger partial charge in [0, 0.05) is 7.11 Å². The molecule has 1 aliphatic carbocycles. The van der Waals surface area contributed by atoms with Crippen molar-refractivity contribution in [2.75, 3.05) is 20.3 Å². The molecule has 5 atom stereocenters. The van der Waals surface area contributed by atoms with Crippen LogP contribution in [-0.4, -0.2) is 83.8 Å². The van der Waals surface area contributed by atoms with Crippen LogP contribution in [0.3, 0.4) is 0 Å². The molecular weight excluding hydrogens is 468 g/mol. The molecule has 0 bridgehead atoms. The Balaban J connectivity index is 2.64. The first kappa shape index (κ1) is 32.0. The Bertz CT molecular complexity index is 728. The Morgan fingerprint density at radius 3 is 2.14 bits per heavy atom. The van der Waals surface area contributed by atoms with Crippen molar-refractivity contribution in [2.45, 2.75) is 97.2 Å². The average Bonchev–Trinajstić information content (AvgIpc) is 2.83. The van der Waals surface area contributed by atoms with Crippen LogP contribution in [0.15, 0.2) is 12.2 Å². The monoisotopic (exact) mass is 514 g/mol. The highest BCUT2D eigenvalue weighted by molar-refractivity contribution is 5.89. The second kappa shape index (κ2) is 15.3. The number of esters is 1. The fourth-order valence-electron chi connectivity index (χ4n) is 3.95. The van der Waals surface area contributed by atoms with Gasteiger partial charge < -0.3 is 35.4 Å². The molecule has 0 saturated heterocycles. The van der Waals surface area contributed by atoms with E-state index in [0.29, 0.717) is 0 Å². The fraction of sp³-hybridized carbons (Fsp3) is 0.808. The van der Waals surface area contributed by atoms with Gasteiger partial charge in [0.25, 0.3) is 5.91 Å². The van der Waals surface area contributed by atoms with Crippen LogP contribution in [0.4, 0.5) is 0 Å². The number of aliphatic hydroxyl groups is 3. The Morgan fingerprint density at radius 1 is 1.00 bits per heavy atom. The SMILES string of the molecule is CO[C@@H](C(=O)N[C@H](C(=O)NCCOC(=O)C1CCCCC1)C(C)C)[C@H](O)[C@@H](O)[C@H](O)/C=C/C(C)(C)C. The summed E-state index contributed by atoms with van der Waals surface area (Å²) >= 11 is 0. The van der Waals surface area contributed by atoms with Gasteiger partial charge in [0.1, 0.15) is 31.0 Å². The van der Waals surface area contributed by atoms with Gasteiger partial charge in [-0.1, -0.05) is 66.0 Å². The lowest BCUT2D eigenvalue weighted by molar-refractivity contribution is -0.151. The zero-order valence-corrected chi connectivity index (χ0v) is 22.5. The van der Waals surface area contributed by atoms with Crippen LogP contribution >= 0.6 is 0 Å². The topological polar surface area (TPSA) is 154 Å². The van der Waals surface area contributed by atoms with Gasteiger partial charge in [-0.05, 0) is 24.2 Å². The van der Waals surface area contributed by atoms with Crippen molar-refractivity contribution in [3.8, 4) is 0 Å². The summed E-state index contributed by atoms with van der Waals surface area (Å²) in [5.74, 6) is -1.92. The van der Waals surface area contributed by atoms with Crippen LogP contribution in [0, 0.1) is 17.3 Å². The number of methoxy groups -OCH3 is 1. The third-order valence-corrected chi connectivity index (χ3v) is 6.15. The van der Waals surface area contributed by atoms with Crippen molar-refractivity contribution in [1.29, 1.82) is 0 Å². The average molecular weight is 515 g/mol. The third kappa shape index (κ3) is 10.9. The minimum absolute atomic E-state index is 0.0331. The largest absolute Gasteiger partial charge is 0.464 e. The van der Waals surface area contributed by atoms with Gasteiger partial charge in [-0.25, -0.2) is 0 Å². The van der Waals surface area contributed by atoms with Gasteiger partial charge in [-0.2, -0.15) is 0 Å². The molecule has 0 unspecified atom stereocenters. The molecule has 0 spiro atoms. The Hall–Kier alpha value is -2.01. The Labute approximate surface area is 214 Å². The Kier molecular flexibility index (Phi) is 13.6. The van der Waals surface area contributed by atoms with Gasteiger partial charge in [0.05, 0.1) is 12.5 Å². The number of allylic oxidation sites excluding steroid dienone is 1. The number of carbonyl (C=O) groups is 3. The van der Waals surface area contributed by atoms with Crippen molar-refractivity contribution < 1.29 is 39.2 Å². The van der Waals surface area contributed by atoms with Gasteiger partial charge in [0.2, 0.25) is 5.91 Å². The first-order chi connectivity index (χ1) is 16.8. The second-order valence-corrected chi connectivity index (χ2v) is 10.9. The summed E-state index contributed by atoms with van der Waals surface area (Å²) in [6, 6.07) is -0.959. The van der Waals surface area contributed by atoms with Crippen molar-refractivity contribution in [3.05, 3.63) is 12.2 Å². The highest BCUT2D eigenvalue weighted by Gasteiger charge is 2.37. The van der Waals surface area contributed by atoms with E-state index in [1.165, 1.54) is 13.2 Å². The van der Waals surface area contributed by atoms with Gasteiger partial charge in [-0.3, -0.25) is 14.4 Å². The lowest BCUT2D eigenvalue weighted by Gasteiger charge is -2.29. The first-order valence-corrected chi connectivity index (χ1v) is 12.8. The summed E-state index contributed by atoms with van der Waals surface area (Å²) in [5, 5.41) is 36.2. The maximum absolute atomic E-state index is 12.8. The predicted molar refractivity (Wildman–Crippen MR) is 135 cm³/mol. The minimum Gasteiger partial charge on any atom is -0.464 e. The van der Waals surface area contributed by atoms with E-state index in [4.69, 9.17) is 9.47 Å². The molecule has 36 heavy (non-hydrogen) atoms. The van der Waals surface area contributed by atoms with Crippen LogP contribution in [0.1, 0.15) is 66.7 Å². The van der Waals surface area contributed by atoms with Crippen LogP contribution in [0.2, 0.25) is 0 Å². The molecule has 1 fully saturated rings. The number of hydrogen-bond donors (Lipinski definition) is 5. The second-order valence-electron chi connectivity index (χ2n) is 10.9. The van der Waals surface area contributed by atoms with Crippen molar-refractivity contribution in [2.24, 2.45) is 17.3 Å². The highest BCUT2D eigenvalue weighted by Crippen LogP contribution is 2.24. The van der Waals surface area contributed by atoms with Gasteiger partial charge in [0.15, 0.2) is 6.10 Å². The standard InChI is InChI=1S/C26H46N2O8/c1-16(2)19(23(32)27-14-15-36-25(34)17-10-8-7-9-11-17)28-24(33)22(35-6)21(31)20(30)18(29)12-13-26(3,4)5/h12-13,16-22,29-31H,7-11,14-15H2,1-6H3,(H,27,32)(H,28,33)/b13-12+/t18-,19+,20+,21-,22-/m1/s1.